The Labute approximate surface area is 104 Å². The number of aliphatic carboxylic acids is 1. The number of carbonyl (C=O) groups is 2. The molecular formula is C11H16N4O3. The maximum absolute atomic E-state index is 11.8. The number of carboxylic acid groups (broad SMARTS) is 1. The van der Waals surface area contributed by atoms with Gasteiger partial charge in [-0.1, -0.05) is 6.42 Å². The third-order valence-electron chi connectivity index (χ3n) is 3.55. The van der Waals surface area contributed by atoms with Crippen LogP contribution in [0.25, 0.3) is 0 Å². The number of nitrogens with one attached hydrogen (secondary N) is 1. The van der Waals surface area contributed by atoms with Crippen molar-refractivity contribution in [3.8, 4) is 0 Å². The second-order valence-electron chi connectivity index (χ2n) is 4.83. The third-order valence-corrected chi connectivity index (χ3v) is 3.55. The van der Waals surface area contributed by atoms with Gasteiger partial charge in [-0.25, -0.2) is 9.67 Å². The molecule has 0 aliphatic heterocycles. The molecule has 1 heterocycles. The van der Waals surface area contributed by atoms with Gasteiger partial charge in [-0.3, -0.25) is 9.59 Å². The van der Waals surface area contributed by atoms with Gasteiger partial charge in [0, 0.05) is 6.04 Å². The van der Waals surface area contributed by atoms with Crippen molar-refractivity contribution in [1.82, 2.24) is 20.1 Å². The molecule has 1 aromatic rings. The van der Waals surface area contributed by atoms with Crippen LogP contribution >= 0.6 is 0 Å². The number of carboxylic acids is 1. The number of carbonyl (C=O) groups excluding carboxylic acids is 1. The molecule has 1 aliphatic carbocycles. The van der Waals surface area contributed by atoms with Crippen LogP contribution in [0.3, 0.4) is 0 Å². The molecule has 2 unspecified atom stereocenters. The first-order chi connectivity index (χ1) is 8.52. The van der Waals surface area contributed by atoms with E-state index in [4.69, 9.17) is 0 Å². The van der Waals surface area contributed by atoms with Gasteiger partial charge in [0.15, 0.2) is 0 Å². The van der Waals surface area contributed by atoms with Crippen LogP contribution in [0.4, 0.5) is 0 Å². The summed E-state index contributed by atoms with van der Waals surface area (Å²) in [6, 6.07) is -0.314. The Hall–Kier alpha value is -1.92. The fraction of sp³-hybridized carbons (Fsp3) is 0.636. The van der Waals surface area contributed by atoms with Gasteiger partial charge >= 0.3 is 5.97 Å². The van der Waals surface area contributed by atoms with Crippen molar-refractivity contribution in [2.45, 2.75) is 38.8 Å². The first kappa shape index (κ1) is 12.5. The number of aromatic nitrogens is 3. The van der Waals surface area contributed by atoms with Gasteiger partial charge in [-0.2, -0.15) is 5.10 Å². The lowest BCUT2D eigenvalue weighted by Crippen LogP contribution is -2.47. The molecule has 98 valence electrons. The van der Waals surface area contributed by atoms with Crippen LogP contribution in [0.2, 0.25) is 0 Å². The SMILES string of the molecule is CC1(C(=O)O)CCCC1NC(=O)Cn1cncn1. The van der Waals surface area contributed by atoms with E-state index in [1.165, 1.54) is 17.3 Å². The van der Waals surface area contributed by atoms with Crippen molar-refractivity contribution in [1.29, 1.82) is 0 Å². The van der Waals surface area contributed by atoms with E-state index < -0.39 is 11.4 Å². The van der Waals surface area contributed by atoms with Crippen LogP contribution in [0.15, 0.2) is 12.7 Å². The molecule has 7 nitrogen and oxygen atoms in total. The lowest BCUT2D eigenvalue weighted by atomic mass is 9.85. The molecule has 2 atom stereocenters. The molecule has 1 aromatic heterocycles. The summed E-state index contributed by atoms with van der Waals surface area (Å²) in [7, 11) is 0. The van der Waals surface area contributed by atoms with E-state index in [9.17, 15) is 14.7 Å². The number of amides is 1. The van der Waals surface area contributed by atoms with E-state index in [0.717, 1.165) is 6.42 Å². The molecule has 1 saturated carbocycles. The standard InChI is InChI=1S/C11H16N4O3/c1-11(10(17)18)4-2-3-8(11)14-9(16)5-15-7-12-6-13-15/h6-8H,2-5H2,1H3,(H,14,16)(H,17,18). The molecule has 2 rings (SSSR count). The van der Waals surface area contributed by atoms with Crippen molar-refractivity contribution < 1.29 is 14.7 Å². The van der Waals surface area contributed by atoms with E-state index in [-0.39, 0.29) is 18.5 Å². The van der Waals surface area contributed by atoms with Gasteiger partial charge in [0.2, 0.25) is 5.91 Å². The predicted octanol–water partition coefficient (Wildman–Crippen LogP) is 0.0377. The molecule has 1 fully saturated rings. The first-order valence-electron chi connectivity index (χ1n) is 5.87. The summed E-state index contributed by atoms with van der Waals surface area (Å²) in [5.74, 6) is -1.09. The number of rotatable bonds is 4. The van der Waals surface area contributed by atoms with Crippen molar-refractivity contribution in [2.75, 3.05) is 0 Å². The zero-order valence-corrected chi connectivity index (χ0v) is 10.2. The van der Waals surface area contributed by atoms with Crippen LogP contribution in [0, 0.1) is 5.41 Å². The van der Waals surface area contributed by atoms with E-state index in [1.54, 1.807) is 6.92 Å². The maximum atomic E-state index is 11.8. The minimum absolute atomic E-state index is 0.0617. The Kier molecular flexibility index (Phi) is 3.31. The van der Waals surface area contributed by atoms with Gasteiger partial charge in [-0.15, -0.1) is 0 Å². The zero-order valence-electron chi connectivity index (χ0n) is 10.2. The van der Waals surface area contributed by atoms with E-state index >= 15 is 0 Å². The van der Waals surface area contributed by atoms with Crippen LogP contribution < -0.4 is 5.32 Å². The summed E-state index contributed by atoms with van der Waals surface area (Å²) in [5, 5.41) is 15.8. The lowest BCUT2D eigenvalue weighted by Gasteiger charge is -2.27. The normalized spacial score (nSPS) is 27.1. The van der Waals surface area contributed by atoms with Crippen molar-refractivity contribution in [3.63, 3.8) is 0 Å². The summed E-state index contributed by atoms with van der Waals surface area (Å²) in [6.07, 6.45) is 4.91. The predicted molar refractivity (Wildman–Crippen MR) is 61.5 cm³/mol. The highest BCUT2D eigenvalue weighted by atomic mass is 16.4. The van der Waals surface area contributed by atoms with Gasteiger partial charge in [0.05, 0.1) is 5.41 Å². The molecule has 2 N–H and O–H groups in total. The Balaban J connectivity index is 1.96. The van der Waals surface area contributed by atoms with Gasteiger partial charge in [0.25, 0.3) is 0 Å². The second kappa shape index (κ2) is 4.75. The van der Waals surface area contributed by atoms with Crippen molar-refractivity contribution in [3.05, 3.63) is 12.7 Å². The van der Waals surface area contributed by atoms with Gasteiger partial charge < -0.3 is 10.4 Å². The minimum Gasteiger partial charge on any atom is -0.481 e. The van der Waals surface area contributed by atoms with Gasteiger partial charge in [-0.05, 0) is 19.8 Å². The molecule has 18 heavy (non-hydrogen) atoms. The zero-order chi connectivity index (χ0) is 13.2. The fourth-order valence-electron chi connectivity index (χ4n) is 2.36. The lowest BCUT2D eigenvalue weighted by molar-refractivity contribution is -0.149. The minimum atomic E-state index is -0.863. The molecule has 7 heteroatoms. The molecule has 1 amide bonds. The summed E-state index contributed by atoms with van der Waals surface area (Å²) >= 11 is 0. The van der Waals surface area contributed by atoms with E-state index in [0.29, 0.717) is 12.8 Å². The van der Waals surface area contributed by atoms with E-state index in [1.807, 2.05) is 0 Å². The van der Waals surface area contributed by atoms with Crippen LogP contribution in [-0.2, 0) is 16.1 Å². The molecule has 1 aliphatic rings. The average Bonchev–Trinajstić information content (AvgIpc) is 2.90. The van der Waals surface area contributed by atoms with Gasteiger partial charge in [0.1, 0.15) is 19.2 Å². The smallest absolute Gasteiger partial charge is 0.311 e. The first-order valence-corrected chi connectivity index (χ1v) is 5.87. The summed E-state index contributed by atoms with van der Waals surface area (Å²) in [4.78, 5) is 26.8. The van der Waals surface area contributed by atoms with Crippen LogP contribution in [0.1, 0.15) is 26.2 Å². The van der Waals surface area contributed by atoms with Crippen LogP contribution in [-0.4, -0.2) is 37.8 Å². The molecule has 0 saturated heterocycles. The number of hydrogen-bond donors (Lipinski definition) is 2. The Morgan fingerprint density at radius 1 is 1.61 bits per heavy atom. The molecule has 0 spiro atoms. The highest BCUT2D eigenvalue weighted by Gasteiger charge is 2.45. The number of hydrogen-bond acceptors (Lipinski definition) is 4. The van der Waals surface area contributed by atoms with Crippen molar-refractivity contribution in [2.24, 2.45) is 5.41 Å². The fourth-order valence-corrected chi connectivity index (χ4v) is 2.36. The topological polar surface area (TPSA) is 97.1 Å². The largest absolute Gasteiger partial charge is 0.481 e. The Morgan fingerprint density at radius 2 is 2.39 bits per heavy atom. The second-order valence-corrected chi connectivity index (χ2v) is 4.83. The molecule has 0 radical (unpaired) electrons. The van der Waals surface area contributed by atoms with Crippen LogP contribution in [0.5, 0.6) is 0 Å². The number of nitrogens with zero attached hydrogens (tertiary/aromatic N) is 3. The monoisotopic (exact) mass is 252 g/mol. The molecule has 0 bridgehead atoms. The molecule has 0 aromatic carbocycles. The highest BCUT2D eigenvalue weighted by Crippen LogP contribution is 2.38. The summed E-state index contributed by atoms with van der Waals surface area (Å²) in [5.41, 5.74) is -0.863. The van der Waals surface area contributed by atoms with E-state index in [2.05, 4.69) is 15.4 Å². The Bertz CT molecular complexity index is 445. The maximum Gasteiger partial charge on any atom is 0.311 e. The highest BCUT2D eigenvalue weighted by molar-refractivity contribution is 5.80. The third kappa shape index (κ3) is 2.34. The summed E-state index contributed by atoms with van der Waals surface area (Å²) in [6.45, 7) is 1.74. The Morgan fingerprint density at radius 3 is 3.00 bits per heavy atom. The average molecular weight is 252 g/mol. The quantitative estimate of drug-likeness (QED) is 0.788. The summed E-state index contributed by atoms with van der Waals surface area (Å²) < 4.78 is 1.41. The van der Waals surface area contributed by atoms with Crippen molar-refractivity contribution >= 4 is 11.9 Å². The molecular weight excluding hydrogens is 236 g/mol.